The number of para-hydroxylation sites is 1. The van der Waals surface area contributed by atoms with Crippen molar-refractivity contribution in [2.45, 2.75) is 6.42 Å². The fraction of sp³-hybridized carbons (Fsp3) is 0.111. The van der Waals surface area contributed by atoms with Crippen LogP contribution >= 0.6 is 8.69 Å². The van der Waals surface area contributed by atoms with Crippen LogP contribution in [-0.4, -0.2) is 0 Å². The first kappa shape index (κ1) is 9.08. The van der Waals surface area contributed by atoms with Gasteiger partial charge in [-0.05, 0) is 18.1 Å². The Morgan fingerprint density at radius 1 is 1.50 bits per heavy atom. The van der Waals surface area contributed by atoms with Crippen LogP contribution in [0.5, 0.6) is 5.75 Å². The number of rotatable bonds is 4. The molecule has 1 unspecified atom stereocenters. The van der Waals surface area contributed by atoms with Gasteiger partial charge in [-0.3, -0.25) is 4.57 Å². The van der Waals surface area contributed by atoms with E-state index in [0.717, 1.165) is 12.0 Å². The summed E-state index contributed by atoms with van der Waals surface area (Å²) < 4.78 is 15.3. The van der Waals surface area contributed by atoms with E-state index in [9.17, 15) is 4.57 Å². The second-order valence-corrected chi connectivity index (χ2v) is 2.74. The molecule has 12 heavy (non-hydrogen) atoms. The minimum atomic E-state index is -1.18. The van der Waals surface area contributed by atoms with Crippen LogP contribution in [0.3, 0.4) is 0 Å². The van der Waals surface area contributed by atoms with Gasteiger partial charge in [-0.1, -0.05) is 24.3 Å². The largest absolute Gasteiger partial charge is 0.447 e. The summed E-state index contributed by atoms with van der Waals surface area (Å²) in [6, 6.07) is 7.53. The van der Waals surface area contributed by atoms with Crippen molar-refractivity contribution in [2.24, 2.45) is 0 Å². The first-order valence-corrected chi connectivity index (χ1v) is 4.62. The van der Waals surface area contributed by atoms with E-state index >= 15 is 0 Å². The maximum absolute atomic E-state index is 10.3. The Balaban J connectivity index is 2.90. The second kappa shape index (κ2) is 4.78. The summed E-state index contributed by atoms with van der Waals surface area (Å²) in [5, 5.41) is 0. The maximum Gasteiger partial charge on any atom is 0.225 e. The molecule has 1 aromatic carbocycles. The van der Waals surface area contributed by atoms with Crippen LogP contribution in [-0.2, 0) is 11.0 Å². The third-order valence-electron chi connectivity index (χ3n) is 1.51. The van der Waals surface area contributed by atoms with Crippen molar-refractivity contribution in [1.82, 2.24) is 0 Å². The highest BCUT2D eigenvalue weighted by atomic mass is 31.1. The fourth-order valence-electron chi connectivity index (χ4n) is 0.995. The number of hydrogen-bond donors (Lipinski definition) is 0. The van der Waals surface area contributed by atoms with Gasteiger partial charge in [-0.2, -0.15) is 0 Å². The topological polar surface area (TPSA) is 26.3 Å². The van der Waals surface area contributed by atoms with Crippen LogP contribution in [0, 0.1) is 0 Å². The van der Waals surface area contributed by atoms with Crippen molar-refractivity contribution in [3.05, 3.63) is 42.5 Å². The van der Waals surface area contributed by atoms with Gasteiger partial charge < -0.3 is 4.52 Å². The molecule has 0 amide bonds. The van der Waals surface area contributed by atoms with Gasteiger partial charge in [0, 0.05) is 0 Å². The molecule has 0 heterocycles. The minimum Gasteiger partial charge on any atom is -0.447 e. The third kappa shape index (κ3) is 2.24. The molecular formula is C9H11O2P. The second-order valence-electron chi connectivity index (χ2n) is 2.31. The summed E-state index contributed by atoms with van der Waals surface area (Å²) in [6.45, 7) is 3.63. The smallest absolute Gasteiger partial charge is 0.225 e. The molecule has 0 saturated heterocycles. The summed E-state index contributed by atoms with van der Waals surface area (Å²) >= 11 is 0. The lowest BCUT2D eigenvalue weighted by molar-refractivity contribution is 0.522. The van der Waals surface area contributed by atoms with Crippen molar-refractivity contribution in [3.63, 3.8) is 0 Å². The van der Waals surface area contributed by atoms with Gasteiger partial charge in [0.15, 0.2) is 0 Å². The summed E-state index contributed by atoms with van der Waals surface area (Å²) in [7, 11) is -1.18. The van der Waals surface area contributed by atoms with Crippen molar-refractivity contribution < 1.29 is 9.09 Å². The molecule has 3 heteroatoms. The highest BCUT2D eigenvalue weighted by Crippen LogP contribution is 2.21. The van der Waals surface area contributed by atoms with E-state index in [1.165, 1.54) is 0 Å². The van der Waals surface area contributed by atoms with Crippen LogP contribution in [0.25, 0.3) is 0 Å². The van der Waals surface area contributed by atoms with Gasteiger partial charge in [-0.25, -0.2) is 0 Å². The Morgan fingerprint density at radius 2 is 2.25 bits per heavy atom. The third-order valence-corrected chi connectivity index (χ3v) is 1.86. The predicted molar refractivity (Wildman–Crippen MR) is 51.4 cm³/mol. The molecule has 0 fully saturated rings. The molecule has 1 aromatic rings. The van der Waals surface area contributed by atoms with Gasteiger partial charge in [0.1, 0.15) is 5.75 Å². The van der Waals surface area contributed by atoms with E-state index < -0.39 is 8.69 Å². The van der Waals surface area contributed by atoms with Crippen molar-refractivity contribution in [2.75, 3.05) is 0 Å². The molecule has 0 N–H and O–H groups in total. The highest BCUT2D eigenvalue weighted by Gasteiger charge is 1.98. The van der Waals surface area contributed by atoms with E-state index in [1.54, 1.807) is 6.08 Å². The molecule has 0 bridgehead atoms. The highest BCUT2D eigenvalue weighted by molar-refractivity contribution is 7.17. The molecule has 64 valence electrons. The molecule has 0 aliphatic carbocycles. The summed E-state index contributed by atoms with van der Waals surface area (Å²) in [5.41, 5.74) is 1.02. The van der Waals surface area contributed by atoms with Crippen molar-refractivity contribution >= 4 is 8.69 Å². The Hall–Kier alpha value is -1.01. The van der Waals surface area contributed by atoms with Gasteiger partial charge in [0.2, 0.25) is 8.69 Å². The molecule has 0 aliphatic heterocycles. The average molecular weight is 182 g/mol. The van der Waals surface area contributed by atoms with E-state index in [1.807, 2.05) is 24.3 Å². The normalized spacial score (nSPS) is 10.3. The molecular weight excluding hydrogens is 171 g/mol. The van der Waals surface area contributed by atoms with Gasteiger partial charge >= 0.3 is 0 Å². The maximum atomic E-state index is 10.3. The van der Waals surface area contributed by atoms with E-state index in [4.69, 9.17) is 4.52 Å². The lowest BCUT2D eigenvalue weighted by Gasteiger charge is -2.03. The zero-order valence-electron chi connectivity index (χ0n) is 6.69. The van der Waals surface area contributed by atoms with E-state index in [2.05, 4.69) is 6.58 Å². The molecule has 2 nitrogen and oxygen atoms in total. The van der Waals surface area contributed by atoms with Crippen LogP contribution < -0.4 is 4.52 Å². The fourth-order valence-corrected chi connectivity index (χ4v) is 1.33. The lowest BCUT2D eigenvalue weighted by atomic mass is 10.1. The lowest BCUT2D eigenvalue weighted by Crippen LogP contribution is -1.85. The quantitative estimate of drug-likeness (QED) is 0.528. The molecule has 0 aromatic heterocycles. The SMILES string of the molecule is C=CCc1ccccc1O[PH2]=O. The Kier molecular flexibility index (Phi) is 3.62. The van der Waals surface area contributed by atoms with Gasteiger partial charge in [0.25, 0.3) is 0 Å². The minimum absolute atomic E-state index is 0.697. The van der Waals surface area contributed by atoms with Crippen LogP contribution in [0.2, 0.25) is 0 Å². The zero-order valence-corrected chi connectivity index (χ0v) is 7.85. The molecule has 1 atom stereocenters. The van der Waals surface area contributed by atoms with Gasteiger partial charge in [-0.15, -0.1) is 6.58 Å². The first-order valence-electron chi connectivity index (χ1n) is 3.67. The van der Waals surface area contributed by atoms with Crippen LogP contribution in [0.15, 0.2) is 36.9 Å². The number of allylic oxidation sites excluding steroid dienone is 1. The predicted octanol–water partition coefficient (Wildman–Crippen LogP) is 2.47. The molecule has 0 radical (unpaired) electrons. The van der Waals surface area contributed by atoms with Crippen molar-refractivity contribution in [1.29, 1.82) is 0 Å². The average Bonchev–Trinajstić information content (AvgIpc) is 2.09. The Morgan fingerprint density at radius 3 is 2.92 bits per heavy atom. The molecule has 0 saturated carbocycles. The Labute approximate surface area is 73.2 Å². The zero-order chi connectivity index (χ0) is 8.81. The molecule has 0 aliphatic rings. The summed E-state index contributed by atoms with van der Waals surface area (Å²) in [6.07, 6.45) is 2.54. The van der Waals surface area contributed by atoms with Gasteiger partial charge in [0.05, 0.1) is 0 Å². The Bertz CT molecular complexity index is 255. The monoisotopic (exact) mass is 182 g/mol. The van der Waals surface area contributed by atoms with E-state index in [0.29, 0.717) is 5.75 Å². The first-order chi connectivity index (χ1) is 5.88. The number of hydrogen-bond acceptors (Lipinski definition) is 2. The van der Waals surface area contributed by atoms with Crippen LogP contribution in [0.1, 0.15) is 5.56 Å². The molecule has 1 rings (SSSR count). The summed E-state index contributed by atoms with van der Waals surface area (Å²) in [4.78, 5) is 0. The van der Waals surface area contributed by atoms with Crippen LogP contribution in [0.4, 0.5) is 0 Å². The van der Waals surface area contributed by atoms with Crippen molar-refractivity contribution in [3.8, 4) is 5.75 Å². The standard InChI is InChI=1S/C9H11O2P/c1-2-5-8-6-3-4-7-9(8)11-12-10/h2-4,6-7H,1,5,12H2. The molecule has 0 spiro atoms. The van der Waals surface area contributed by atoms with E-state index in [-0.39, 0.29) is 0 Å². The number of benzene rings is 1. The summed E-state index contributed by atoms with van der Waals surface area (Å²) in [5.74, 6) is 0.697.